The van der Waals surface area contributed by atoms with Crippen molar-refractivity contribution in [3.8, 4) is 0 Å². The number of rotatable bonds is 75. The van der Waals surface area contributed by atoms with Gasteiger partial charge >= 0.3 is 5.97 Å². The minimum absolute atomic E-state index is 0.0566. The molecular weight excluding hydrogens is 1690 g/mol. The van der Waals surface area contributed by atoms with Crippen molar-refractivity contribution in [2.24, 2.45) is 59.0 Å². The van der Waals surface area contributed by atoms with Crippen LogP contribution in [0.4, 0.5) is 0 Å². The maximum atomic E-state index is 15.1. The lowest BCUT2D eigenvalue weighted by Crippen LogP contribution is -2.63. The summed E-state index contributed by atoms with van der Waals surface area (Å²) in [5, 5.41) is 41.5. The lowest BCUT2D eigenvalue weighted by atomic mass is 9.96. The average molecular weight is 1830 g/mol. The summed E-state index contributed by atoms with van der Waals surface area (Å²) < 4.78 is 4.70. The third-order valence-electron chi connectivity index (χ3n) is 22.0. The molecule has 0 rings (SSSR count). The molecule has 0 heterocycles. The van der Waals surface area contributed by atoms with E-state index in [0.717, 1.165) is 7.11 Å². The SMILES string of the molecule is CC[C@@H](C)[C@H](C=O)N[C@H](NC(=O)[C@@H](CC(=O)[C@@H](NC(=O)[C@H](C)CC(=O)[C@H](C)NC(=O)[C@@H](CC(=O)[C@@H](NC(=O)[C@H](C)CC(=O)[C@@H](N)NCC=O)N[C@@H](C=O)C(C)C)NCC=O)N[C@@H](C=O)CC(C)C)N[C@@H](C)C=O)C(=O)C[C@@H](N[C@@H](C=O)[C@H](C)CC)C(=O)N[C@@H](NCC=O)C(=O)C[C@@H](C)C(=O)N[C@@H](C)C(=O)C[C@@H](N[C@@H](C=O)[C@H](C)CC)C(=O)N[C@@H](C)C(=O)C[C@@H](C)C(=O)OC. The van der Waals surface area contributed by atoms with Crippen molar-refractivity contribution in [3.63, 3.8) is 0 Å². The monoisotopic (exact) mass is 1830 g/mol. The number of methoxy groups -OCH3 is 1. The number of nitrogens with one attached hydrogen (secondary N) is 16. The van der Waals surface area contributed by atoms with Crippen LogP contribution in [-0.4, -0.2) is 286 Å². The fourth-order valence-electron chi connectivity index (χ4n) is 12.7. The molecule has 18 N–H and O–H groups in total. The van der Waals surface area contributed by atoms with E-state index in [-0.39, 0.29) is 37.6 Å². The molecule has 25 atom stereocenters. The highest BCUT2D eigenvalue weighted by Crippen LogP contribution is 2.18. The smallest absolute Gasteiger partial charge is 0.308 e. The van der Waals surface area contributed by atoms with Gasteiger partial charge in [0.25, 0.3) is 0 Å². The minimum atomic E-state index is -2.01. The van der Waals surface area contributed by atoms with Crippen LogP contribution in [0.2, 0.25) is 0 Å². The number of hydrogen-bond acceptors (Lipinski definition) is 36. The number of ether oxygens (including phenoxy) is 1. The molecule has 0 saturated carbocycles. The highest BCUT2D eigenvalue weighted by Gasteiger charge is 2.41. The highest BCUT2D eigenvalue weighted by molar-refractivity contribution is 6.02. The summed E-state index contributed by atoms with van der Waals surface area (Å²) in [4.78, 5) is 333. The van der Waals surface area contributed by atoms with Crippen molar-refractivity contribution in [3.05, 3.63) is 0 Å². The van der Waals surface area contributed by atoms with E-state index in [1.807, 2.05) is 0 Å². The van der Waals surface area contributed by atoms with Gasteiger partial charge in [-0.15, -0.1) is 0 Å². The second-order valence-corrected chi connectivity index (χ2v) is 33.7. The summed E-state index contributed by atoms with van der Waals surface area (Å²) in [5.74, 6) is -21.4. The Labute approximate surface area is 753 Å². The van der Waals surface area contributed by atoms with E-state index in [1.165, 1.54) is 55.4 Å². The van der Waals surface area contributed by atoms with Crippen LogP contribution in [0.3, 0.4) is 0 Å². The summed E-state index contributed by atoms with van der Waals surface area (Å²) in [6, 6.07) is -17.7. The normalized spacial score (nSPS) is 17.3. The topological polar surface area (TPSA) is 654 Å². The van der Waals surface area contributed by atoms with Gasteiger partial charge in [-0.25, -0.2) is 0 Å². The van der Waals surface area contributed by atoms with Gasteiger partial charge in [-0.3, -0.25) is 125 Å². The molecule has 0 unspecified atom stereocenters. The Balaban J connectivity index is 7.53. The van der Waals surface area contributed by atoms with Crippen molar-refractivity contribution < 1.29 is 125 Å². The molecule has 0 fully saturated rings. The highest BCUT2D eigenvalue weighted by atomic mass is 16.5. The quantitative estimate of drug-likeness (QED) is 0.0155. The van der Waals surface area contributed by atoms with E-state index in [1.54, 1.807) is 69.2 Å². The first-order valence-corrected chi connectivity index (χ1v) is 43.6. The van der Waals surface area contributed by atoms with Gasteiger partial charge in [-0.05, 0) is 63.7 Å². The van der Waals surface area contributed by atoms with Crippen LogP contribution < -0.4 is 90.8 Å². The van der Waals surface area contributed by atoms with E-state index < -0.39 is 302 Å². The van der Waals surface area contributed by atoms with Crippen LogP contribution in [-0.2, 0) is 125 Å². The zero-order valence-electron chi connectivity index (χ0n) is 77.6. The summed E-state index contributed by atoms with van der Waals surface area (Å²) in [7, 11) is 1.15. The summed E-state index contributed by atoms with van der Waals surface area (Å²) in [6.45, 7) is 26.0. The second-order valence-electron chi connectivity index (χ2n) is 33.7. The van der Waals surface area contributed by atoms with Gasteiger partial charge in [0.15, 0.2) is 46.3 Å². The lowest BCUT2D eigenvalue weighted by Gasteiger charge is -2.31. The fourth-order valence-corrected chi connectivity index (χ4v) is 12.7. The van der Waals surface area contributed by atoms with E-state index in [4.69, 9.17) is 10.5 Å². The standard InChI is InChI=1S/C86H141N17O26/c1-20-46(8)63(41-110)96-60(83(125)94-55(17)67(114)33-52(14)86(128)129-19)35-68(115)56(18)92-79(121)51(13)32-70(117)75(90-25-28-106)100-85(127)61(97-64(42-111)47(9)21-2)37-73(120)78(99-65(43-112)48(10)22-3)103-84(126)59(91-53(15)38-107)36-72(119)76(95-57(39-108)29-44(4)5)101-80(122)49(11)30-66(113)54(16)93-82(124)58(88-23-26-104)34-71(118)77(98-62(40-109)45(6)7)102-81(123)50(12)31-69(116)74(87)89-24-27-105/h26-28,38-65,74-78,88-91,95-99H,20-25,29-37,87H2,1-19H3,(H,92,121)(H,93,124)(H,94,125)(H,100,127)(H,101,122)(H,102,123)(H,103,126)/t46-,47-,48-,49-,50-,51-,52-,53+,54+,55+,56+,57-,58-,59-,60-,61-,62+,63+,64+,65+,74+,75-,76-,77-,78-/m1/s1. The molecule has 0 aliphatic carbocycles. The summed E-state index contributed by atoms with van der Waals surface area (Å²) >= 11 is 0. The maximum Gasteiger partial charge on any atom is 0.308 e. The molecule has 0 radical (unpaired) electrons. The van der Waals surface area contributed by atoms with Gasteiger partial charge in [-0.2, -0.15) is 0 Å². The van der Waals surface area contributed by atoms with Gasteiger partial charge in [-0.1, -0.05) is 116 Å². The van der Waals surface area contributed by atoms with E-state index in [0.29, 0.717) is 69.4 Å². The third-order valence-corrected chi connectivity index (χ3v) is 22.0. The number of ketones is 8. The minimum Gasteiger partial charge on any atom is -0.469 e. The van der Waals surface area contributed by atoms with Crippen molar-refractivity contribution >= 4 is 150 Å². The van der Waals surface area contributed by atoms with Crippen LogP contribution in [0.25, 0.3) is 0 Å². The van der Waals surface area contributed by atoms with Gasteiger partial charge in [0.05, 0.1) is 111 Å². The predicted molar refractivity (Wildman–Crippen MR) is 468 cm³/mol. The number of esters is 1. The van der Waals surface area contributed by atoms with Crippen LogP contribution in [0.15, 0.2) is 0 Å². The molecule has 129 heavy (non-hydrogen) atoms. The number of carbonyl (C=O) groups excluding carboxylic acids is 25. The maximum absolute atomic E-state index is 15.1. The Morgan fingerprint density at radius 1 is 0.302 bits per heavy atom. The summed E-state index contributed by atoms with van der Waals surface area (Å²) in [6.07, 6.45) is -9.36. The van der Waals surface area contributed by atoms with Gasteiger partial charge in [0, 0.05) is 69.1 Å². The van der Waals surface area contributed by atoms with Crippen molar-refractivity contribution in [1.82, 2.24) is 85.1 Å². The van der Waals surface area contributed by atoms with Crippen LogP contribution in [0.1, 0.15) is 202 Å². The van der Waals surface area contributed by atoms with E-state index in [9.17, 15) is 115 Å². The van der Waals surface area contributed by atoms with Gasteiger partial charge in [0.1, 0.15) is 87.4 Å². The largest absolute Gasteiger partial charge is 0.469 e. The van der Waals surface area contributed by atoms with E-state index in [2.05, 4.69) is 85.1 Å². The second kappa shape index (κ2) is 62.9. The molecular formula is C86H141N17O26. The molecule has 0 aliphatic rings. The van der Waals surface area contributed by atoms with Crippen molar-refractivity contribution in [1.29, 1.82) is 0 Å². The Bertz CT molecular complexity index is 3790. The molecule has 726 valence electrons. The molecule has 43 nitrogen and oxygen atoms in total. The molecule has 0 saturated heterocycles. The zero-order chi connectivity index (χ0) is 98.8. The first kappa shape index (κ1) is 119. The third kappa shape index (κ3) is 43.8. The zero-order valence-corrected chi connectivity index (χ0v) is 77.6. The molecule has 0 aromatic carbocycles. The molecule has 0 aromatic rings. The van der Waals surface area contributed by atoms with Gasteiger partial charge < -0.3 is 90.8 Å². The Kier molecular flexibility index (Phi) is 57.9. The van der Waals surface area contributed by atoms with Crippen molar-refractivity contribution in [2.45, 2.75) is 311 Å². The molecule has 0 spiro atoms. The molecule has 0 aliphatic heterocycles. The Morgan fingerprint density at radius 3 is 1.01 bits per heavy atom. The fraction of sp³-hybridized carbons (Fsp3) is 0.709. The number of carbonyl (C=O) groups is 25. The Morgan fingerprint density at radius 2 is 0.612 bits per heavy atom. The first-order valence-electron chi connectivity index (χ1n) is 43.6. The molecule has 7 amide bonds. The lowest BCUT2D eigenvalue weighted by molar-refractivity contribution is -0.146. The number of nitrogens with two attached hydrogens (primary N) is 1. The van der Waals surface area contributed by atoms with E-state index >= 15 is 4.79 Å². The molecule has 0 bridgehead atoms. The van der Waals surface area contributed by atoms with Crippen LogP contribution >= 0.6 is 0 Å². The predicted octanol–water partition coefficient (Wildman–Crippen LogP) is -4.41. The van der Waals surface area contributed by atoms with Crippen LogP contribution in [0, 0.1) is 53.3 Å². The number of aldehydes is 9. The average Bonchev–Trinajstić information content (AvgIpc) is 0.860. The summed E-state index contributed by atoms with van der Waals surface area (Å²) in [5.41, 5.74) is 5.79. The van der Waals surface area contributed by atoms with Gasteiger partial charge in [0.2, 0.25) is 41.4 Å². The van der Waals surface area contributed by atoms with Crippen LogP contribution in [0.5, 0.6) is 0 Å². The number of hydrogen-bond donors (Lipinski definition) is 17. The number of Topliss-reactive ketones (excluding diaryl/α,β-unsaturated/α-hetero) is 8. The number of amides is 7. The molecule has 0 aromatic heterocycles. The molecule has 43 heteroatoms. The van der Waals surface area contributed by atoms with Crippen molar-refractivity contribution in [2.75, 3.05) is 26.7 Å². The Hall–Kier alpha value is -10.2. The first-order chi connectivity index (χ1) is 60.6.